The first kappa shape index (κ1) is 22.9. The van der Waals surface area contributed by atoms with Gasteiger partial charge in [-0.3, -0.25) is 9.59 Å². The Morgan fingerprint density at radius 1 is 1.10 bits per heavy atom. The largest absolute Gasteiger partial charge is 0.361 e. The van der Waals surface area contributed by atoms with Gasteiger partial charge in [-0.25, -0.2) is 4.39 Å². The van der Waals surface area contributed by atoms with Crippen LogP contribution in [0.1, 0.15) is 33.3 Å². The molecule has 1 heterocycles. The summed E-state index contributed by atoms with van der Waals surface area (Å²) in [6.07, 6.45) is 0.307. The maximum absolute atomic E-state index is 13.4. The summed E-state index contributed by atoms with van der Waals surface area (Å²) in [4.78, 5) is 27.8. The van der Waals surface area contributed by atoms with Crippen molar-refractivity contribution >= 4 is 11.8 Å². The minimum Gasteiger partial charge on any atom is -0.361 e. The third-order valence-electron chi connectivity index (χ3n) is 5.47. The van der Waals surface area contributed by atoms with Crippen molar-refractivity contribution in [3.05, 3.63) is 59.9 Å². The Kier molecular flexibility index (Phi) is 7.11. The minimum atomic E-state index is -1.19. The van der Waals surface area contributed by atoms with Crippen molar-refractivity contribution in [3.8, 4) is 11.1 Å². The van der Waals surface area contributed by atoms with Gasteiger partial charge in [0.15, 0.2) is 5.60 Å². The smallest absolute Gasteiger partial charge is 0.254 e. The molecular formula is C25H31FN2O3. The van der Waals surface area contributed by atoms with Crippen LogP contribution in [0.4, 0.5) is 4.39 Å². The van der Waals surface area contributed by atoms with Crippen molar-refractivity contribution < 1.29 is 18.7 Å². The van der Waals surface area contributed by atoms with Crippen LogP contribution in [-0.2, 0) is 20.7 Å². The first-order chi connectivity index (χ1) is 14.7. The van der Waals surface area contributed by atoms with Gasteiger partial charge in [0, 0.05) is 24.9 Å². The SMILES string of the molecule is CC(C)NC(=O)[C@]1(Cc2ccccc2-c2ccc(F)cc2)CN(C(=O)C(C)C)CCO1. The van der Waals surface area contributed by atoms with Crippen molar-refractivity contribution in [1.29, 1.82) is 0 Å². The third kappa shape index (κ3) is 5.31. The fraction of sp³-hybridized carbons (Fsp3) is 0.440. The molecule has 1 saturated heterocycles. The van der Waals surface area contributed by atoms with Gasteiger partial charge >= 0.3 is 0 Å². The lowest BCUT2D eigenvalue weighted by atomic mass is 9.87. The average molecular weight is 427 g/mol. The summed E-state index contributed by atoms with van der Waals surface area (Å²) in [7, 11) is 0. The van der Waals surface area contributed by atoms with Gasteiger partial charge in [0.2, 0.25) is 5.91 Å². The summed E-state index contributed by atoms with van der Waals surface area (Å²) < 4.78 is 19.6. The second-order valence-electron chi connectivity index (χ2n) is 8.73. The van der Waals surface area contributed by atoms with Crippen LogP contribution in [0.15, 0.2) is 48.5 Å². The highest BCUT2D eigenvalue weighted by Crippen LogP contribution is 2.31. The molecule has 0 bridgehead atoms. The van der Waals surface area contributed by atoms with E-state index < -0.39 is 5.60 Å². The summed E-state index contributed by atoms with van der Waals surface area (Å²) in [5, 5.41) is 2.98. The number of hydrogen-bond acceptors (Lipinski definition) is 3. The lowest BCUT2D eigenvalue weighted by Crippen LogP contribution is -2.63. The Morgan fingerprint density at radius 2 is 1.77 bits per heavy atom. The number of hydrogen-bond donors (Lipinski definition) is 1. The summed E-state index contributed by atoms with van der Waals surface area (Å²) >= 11 is 0. The zero-order valence-electron chi connectivity index (χ0n) is 18.7. The van der Waals surface area contributed by atoms with Gasteiger partial charge in [-0.2, -0.15) is 0 Å². The summed E-state index contributed by atoms with van der Waals surface area (Å²) in [5.74, 6) is -0.669. The zero-order valence-corrected chi connectivity index (χ0v) is 18.7. The Morgan fingerprint density at radius 3 is 2.42 bits per heavy atom. The van der Waals surface area contributed by atoms with Crippen LogP contribution in [0.5, 0.6) is 0 Å². The van der Waals surface area contributed by atoms with Gasteiger partial charge in [-0.1, -0.05) is 50.2 Å². The van der Waals surface area contributed by atoms with Gasteiger partial charge in [0.05, 0.1) is 13.2 Å². The Balaban J connectivity index is 1.99. The van der Waals surface area contributed by atoms with Crippen LogP contribution >= 0.6 is 0 Å². The van der Waals surface area contributed by atoms with Crippen LogP contribution in [0, 0.1) is 11.7 Å². The highest BCUT2D eigenvalue weighted by Gasteiger charge is 2.45. The molecule has 3 rings (SSSR count). The molecule has 1 N–H and O–H groups in total. The highest BCUT2D eigenvalue weighted by molar-refractivity contribution is 5.88. The van der Waals surface area contributed by atoms with E-state index in [9.17, 15) is 14.0 Å². The van der Waals surface area contributed by atoms with E-state index in [1.807, 2.05) is 52.0 Å². The van der Waals surface area contributed by atoms with Crippen molar-refractivity contribution in [2.45, 2.75) is 45.8 Å². The number of nitrogens with zero attached hydrogens (tertiary/aromatic N) is 1. The van der Waals surface area contributed by atoms with Gasteiger partial charge in [0.1, 0.15) is 5.82 Å². The first-order valence-electron chi connectivity index (χ1n) is 10.8. The normalized spacial score (nSPS) is 19.0. The van der Waals surface area contributed by atoms with Crippen LogP contribution in [-0.4, -0.2) is 48.1 Å². The number of amides is 2. The Hall–Kier alpha value is -2.73. The first-order valence-corrected chi connectivity index (χ1v) is 10.8. The summed E-state index contributed by atoms with van der Waals surface area (Å²) in [6.45, 7) is 8.47. The fourth-order valence-electron chi connectivity index (χ4n) is 3.95. The van der Waals surface area contributed by atoms with Gasteiger partial charge < -0.3 is 15.0 Å². The number of benzene rings is 2. The molecule has 2 amide bonds. The number of carbonyl (C=O) groups is 2. The van der Waals surface area contributed by atoms with Gasteiger partial charge in [-0.15, -0.1) is 0 Å². The summed E-state index contributed by atoms with van der Waals surface area (Å²) in [6, 6.07) is 14.0. The molecule has 0 saturated carbocycles. The molecule has 0 radical (unpaired) electrons. The molecule has 0 aromatic heterocycles. The van der Waals surface area contributed by atoms with Gasteiger partial charge in [0.25, 0.3) is 5.91 Å². The van der Waals surface area contributed by atoms with Crippen LogP contribution in [0.3, 0.4) is 0 Å². The van der Waals surface area contributed by atoms with Crippen molar-refractivity contribution in [1.82, 2.24) is 10.2 Å². The van der Waals surface area contributed by atoms with E-state index in [2.05, 4.69) is 5.32 Å². The van der Waals surface area contributed by atoms with E-state index in [1.54, 1.807) is 17.0 Å². The van der Waals surface area contributed by atoms with E-state index in [1.165, 1.54) is 12.1 Å². The second kappa shape index (κ2) is 9.60. The number of ether oxygens (including phenoxy) is 1. The Labute approximate surface area is 183 Å². The lowest BCUT2D eigenvalue weighted by Gasteiger charge is -2.42. The second-order valence-corrected chi connectivity index (χ2v) is 8.73. The third-order valence-corrected chi connectivity index (χ3v) is 5.47. The number of halogens is 1. The molecule has 2 aromatic carbocycles. The topological polar surface area (TPSA) is 58.6 Å². The monoisotopic (exact) mass is 426 g/mol. The molecule has 1 aliphatic rings. The standard InChI is InChI=1S/C25H31FN2O3/c1-17(2)23(29)28-13-14-31-25(16-28,24(30)27-18(3)4)15-20-7-5-6-8-22(20)19-9-11-21(26)12-10-19/h5-12,17-18H,13-16H2,1-4H3,(H,27,30)/t25-/m0/s1. The fourth-order valence-corrected chi connectivity index (χ4v) is 3.95. The number of rotatable bonds is 6. The zero-order chi connectivity index (χ0) is 22.6. The molecule has 0 spiro atoms. The van der Waals surface area contributed by atoms with E-state index in [0.717, 1.165) is 16.7 Å². The molecule has 2 aromatic rings. The molecule has 1 atom stereocenters. The van der Waals surface area contributed by atoms with E-state index in [0.29, 0.717) is 19.6 Å². The van der Waals surface area contributed by atoms with E-state index >= 15 is 0 Å². The Bertz CT molecular complexity index is 927. The van der Waals surface area contributed by atoms with E-state index in [-0.39, 0.29) is 36.1 Å². The quantitative estimate of drug-likeness (QED) is 0.764. The maximum atomic E-state index is 13.4. The molecule has 166 valence electrons. The predicted octanol–water partition coefficient (Wildman–Crippen LogP) is 3.81. The van der Waals surface area contributed by atoms with Crippen molar-refractivity contribution in [2.24, 2.45) is 5.92 Å². The molecule has 5 nitrogen and oxygen atoms in total. The number of carbonyl (C=O) groups excluding carboxylic acids is 2. The van der Waals surface area contributed by atoms with Gasteiger partial charge in [-0.05, 0) is 42.7 Å². The molecule has 31 heavy (non-hydrogen) atoms. The molecule has 0 aliphatic carbocycles. The maximum Gasteiger partial charge on any atom is 0.254 e. The number of morpholine rings is 1. The summed E-state index contributed by atoms with van der Waals surface area (Å²) in [5.41, 5.74) is 1.49. The van der Waals surface area contributed by atoms with Crippen LogP contribution in [0.25, 0.3) is 11.1 Å². The average Bonchev–Trinajstić information content (AvgIpc) is 2.74. The minimum absolute atomic E-state index is 0.0110. The highest BCUT2D eigenvalue weighted by atomic mass is 19.1. The lowest BCUT2D eigenvalue weighted by molar-refractivity contribution is -0.167. The predicted molar refractivity (Wildman–Crippen MR) is 119 cm³/mol. The molecule has 0 unspecified atom stereocenters. The van der Waals surface area contributed by atoms with Crippen molar-refractivity contribution in [3.63, 3.8) is 0 Å². The molecular weight excluding hydrogens is 395 g/mol. The molecule has 1 fully saturated rings. The van der Waals surface area contributed by atoms with Crippen molar-refractivity contribution in [2.75, 3.05) is 19.7 Å². The van der Waals surface area contributed by atoms with Crippen LogP contribution < -0.4 is 5.32 Å². The molecule has 6 heteroatoms. The molecule has 1 aliphatic heterocycles. The number of nitrogens with one attached hydrogen (secondary N) is 1. The van der Waals surface area contributed by atoms with E-state index in [4.69, 9.17) is 4.74 Å². The van der Waals surface area contributed by atoms with Crippen LogP contribution in [0.2, 0.25) is 0 Å².